The van der Waals surface area contributed by atoms with Crippen LogP contribution in [0.5, 0.6) is 0 Å². The van der Waals surface area contributed by atoms with Gasteiger partial charge in [0.1, 0.15) is 31.0 Å². The fourth-order valence-corrected chi connectivity index (χ4v) is 6.89. The minimum Gasteiger partial charge on any atom is -0.462 e. The lowest BCUT2D eigenvalue weighted by molar-refractivity contribution is -0.173. The molecule has 7 atom stereocenters. The summed E-state index contributed by atoms with van der Waals surface area (Å²) in [6, 6.07) is 1.77. The molecule has 0 saturated carbocycles. The highest BCUT2D eigenvalue weighted by molar-refractivity contribution is 5.81. The van der Waals surface area contributed by atoms with E-state index in [1.807, 2.05) is 26.0 Å². The zero-order chi connectivity index (χ0) is 44.0. The second-order valence-corrected chi connectivity index (χ2v) is 15.9. The van der Waals surface area contributed by atoms with E-state index < -0.39 is 41.6 Å². The molecule has 0 saturated heterocycles. The molecular weight excluding hydrogens is 773 g/mol. The molecule has 1 aromatic carbocycles. The van der Waals surface area contributed by atoms with Crippen molar-refractivity contribution < 1.29 is 23.7 Å². The van der Waals surface area contributed by atoms with Crippen LogP contribution in [0.2, 0.25) is 0 Å². The number of unbranched alkanes of at least 4 members (excludes halogenated alkanes) is 4. The largest absolute Gasteiger partial charge is 0.462 e. The van der Waals surface area contributed by atoms with Crippen molar-refractivity contribution in [3.05, 3.63) is 44.1 Å². The minimum absolute atomic E-state index is 0.0223. The molecular formula is C41H74N12O7. The van der Waals surface area contributed by atoms with Gasteiger partial charge in [0.25, 0.3) is 5.56 Å². The summed E-state index contributed by atoms with van der Waals surface area (Å²) in [4.78, 5) is 50.5. The third-order valence-corrected chi connectivity index (χ3v) is 10.6. The summed E-state index contributed by atoms with van der Waals surface area (Å²) >= 11 is 0. The standard InChI is InChI=1S/C41H74N12O7/c1-26-19-32-33(20-27(26)2)53(38-36(50-32)39(54)52-41(56)51-38)21-34(57-22-28(46)11-3-7-15-42)37(59-24-30(48)13-5-9-17-44)35(58-23-29(47)12-4-8-16-43)25-60-40(55)31(49)14-6-10-18-45/h19-20,28-31,34-35,37H,3-18,21-25,42-49H2,1-2H3,(H,52,54,56). The number of rotatable bonds is 32. The average Bonchev–Trinajstić information content (AvgIpc) is 3.21. The van der Waals surface area contributed by atoms with Gasteiger partial charge in [-0.05, 0) is 115 Å². The normalized spacial score (nSPS) is 15.5. The number of nitrogens with zero attached hydrogens (tertiary/aromatic N) is 3. The van der Waals surface area contributed by atoms with Crippen LogP contribution in [0.25, 0.3) is 22.6 Å². The Morgan fingerprint density at radius 3 is 1.72 bits per heavy atom. The Balaban J connectivity index is 2.20. The summed E-state index contributed by atoms with van der Waals surface area (Å²) in [7, 11) is 0. The molecule has 340 valence electrons. The van der Waals surface area contributed by atoms with Gasteiger partial charge < -0.3 is 69.4 Å². The predicted octanol–water partition coefficient (Wildman–Crippen LogP) is -0.275. The number of esters is 1. The van der Waals surface area contributed by atoms with E-state index in [-0.39, 0.29) is 62.6 Å². The number of fused-ring (bicyclic) bond motifs is 2. The molecule has 0 aliphatic carbocycles. The maximum atomic E-state index is 13.3. The summed E-state index contributed by atoms with van der Waals surface area (Å²) in [6.07, 6.45) is 5.61. The Morgan fingerprint density at radius 1 is 0.667 bits per heavy atom. The Morgan fingerprint density at radius 2 is 1.17 bits per heavy atom. The molecule has 3 rings (SSSR count). The zero-order valence-corrected chi connectivity index (χ0v) is 35.9. The number of ether oxygens (including phenoxy) is 4. The Bertz CT molecular complexity index is 1780. The third kappa shape index (κ3) is 16.8. The van der Waals surface area contributed by atoms with E-state index in [4.69, 9.17) is 64.8 Å². The summed E-state index contributed by atoms with van der Waals surface area (Å²) in [5.74, 6) is -0.561. The summed E-state index contributed by atoms with van der Waals surface area (Å²) in [5.41, 5.74) is 50.4. The van der Waals surface area contributed by atoms with Gasteiger partial charge in [-0.2, -0.15) is 4.98 Å². The molecule has 19 nitrogen and oxygen atoms in total. The maximum absolute atomic E-state index is 13.3. The molecule has 0 radical (unpaired) electrons. The van der Waals surface area contributed by atoms with Crippen molar-refractivity contribution in [1.82, 2.24) is 19.5 Å². The van der Waals surface area contributed by atoms with Crippen LogP contribution in [-0.2, 0) is 30.3 Å². The van der Waals surface area contributed by atoms with E-state index in [0.29, 0.717) is 75.7 Å². The summed E-state index contributed by atoms with van der Waals surface area (Å²) in [5, 5.41) is 0. The van der Waals surface area contributed by atoms with E-state index in [0.717, 1.165) is 49.7 Å². The van der Waals surface area contributed by atoms with Gasteiger partial charge in [0.05, 0.1) is 37.4 Å². The predicted molar refractivity (Wildman–Crippen MR) is 234 cm³/mol. The quantitative estimate of drug-likeness (QED) is 0.0222. The van der Waals surface area contributed by atoms with E-state index in [1.165, 1.54) is 0 Å². The van der Waals surface area contributed by atoms with Crippen LogP contribution in [0.1, 0.15) is 88.2 Å². The lowest BCUT2D eigenvalue weighted by Gasteiger charge is -2.36. The maximum Gasteiger partial charge on any atom is 0.349 e. The highest BCUT2D eigenvalue weighted by Crippen LogP contribution is 2.27. The van der Waals surface area contributed by atoms with Crippen molar-refractivity contribution in [2.24, 2.45) is 45.9 Å². The number of hydrogen-bond acceptors (Lipinski definition) is 17. The highest BCUT2D eigenvalue weighted by Gasteiger charge is 2.36. The number of benzene rings is 1. The summed E-state index contributed by atoms with van der Waals surface area (Å²) < 4.78 is 27.7. The number of carbonyl (C=O) groups excluding carboxylic acids is 1. The first-order valence-electron chi connectivity index (χ1n) is 21.6. The first-order chi connectivity index (χ1) is 28.8. The van der Waals surface area contributed by atoms with Crippen LogP contribution in [0.15, 0.2) is 21.7 Å². The van der Waals surface area contributed by atoms with Crippen LogP contribution >= 0.6 is 0 Å². The van der Waals surface area contributed by atoms with Crippen LogP contribution in [0.4, 0.5) is 0 Å². The van der Waals surface area contributed by atoms with Gasteiger partial charge in [-0.25, -0.2) is 9.78 Å². The molecule has 0 aromatic heterocycles. The van der Waals surface area contributed by atoms with Gasteiger partial charge in [0.15, 0.2) is 11.5 Å². The van der Waals surface area contributed by atoms with E-state index in [1.54, 1.807) is 4.57 Å². The van der Waals surface area contributed by atoms with Gasteiger partial charge in [-0.1, -0.05) is 25.7 Å². The smallest absolute Gasteiger partial charge is 0.349 e. The molecule has 2 aliphatic rings. The SMILES string of the molecule is Cc1cc2nc3c(=O)[nH]c(=O)nc-3n(CC(OCC(N)CCCCN)C(OCC(N)CCCCN)C(COC(=O)C(N)CCCCN)OCC(N)CCCCN)c2cc1C. The number of nitrogens with two attached hydrogens (primary N) is 8. The number of carbonyl (C=O) groups is 1. The van der Waals surface area contributed by atoms with Crippen molar-refractivity contribution in [2.45, 2.75) is 140 Å². The van der Waals surface area contributed by atoms with Crippen LogP contribution < -0.4 is 57.1 Å². The monoisotopic (exact) mass is 847 g/mol. The Hall–Kier alpha value is -3.47. The molecule has 0 fully saturated rings. The molecule has 0 amide bonds. The number of aromatic nitrogens is 4. The van der Waals surface area contributed by atoms with Crippen molar-refractivity contribution >= 4 is 17.0 Å². The summed E-state index contributed by atoms with van der Waals surface area (Å²) in [6.45, 7) is 5.96. The van der Waals surface area contributed by atoms with Crippen LogP contribution in [-0.4, -0.2) is 121 Å². The molecule has 7 unspecified atom stereocenters. The van der Waals surface area contributed by atoms with Crippen molar-refractivity contribution in [3.8, 4) is 11.5 Å². The van der Waals surface area contributed by atoms with Crippen molar-refractivity contribution in [1.29, 1.82) is 0 Å². The number of nitrogens with one attached hydrogen (secondary N) is 1. The number of aryl methyl sites for hydroxylation is 2. The second kappa shape index (κ2) is 27.5. The lowest BCUT2D eigenvalue weighted by Crippen LogP contribution is -2.51. The number of H-pyrrole nitrogens is 1. The van der Waals surface area contributed by atoms with E-state index in [9.17, 15) is 14.4 Å². The van der Waals surface area contributed by atoms with E-state index >= 15 is 0 Å². The van der Waals surface area contributed by atoms with Crippen LogP contribution in [0, 0.1) is 13.8 Å². The lowest BCUT2D eigenvalue weighted by atomic mass is 10.0. The fraction of sp³-hybridized carbons (Fsp3) is 0.732. The number of aromatic amines is 1. The first kappa shape index (κ1) is 50.9. The average molecular weight is 847 g/mol. The molecule has 2 aliphatic heterocycles. The third-order valence-electron chi connectivity index (χ3n) is 10.6. The Labute approximate surface area is 353 Å². The Kier molecular flexibility index (Phi) is 23.3. The number of hydrogen-bond donors (Lipinski definition) is 9. The van der Waals surface area contributed by atoms with E-state index in [2.05, 4.69) is 15.0 Å². The molecule has 2 heterocycles. The first-order valence-corrected chi connectivity index (χ1v) is 21.6. The van der Waals surface area contributed by atoms with Crippen molar-refractivity contribution in [2.75, 3.05) is 52.6 Å². The van der Waals surface area contributed by atoms with Crippen LogP contribution in [0.3, 0.4) is 0 Å². The fourth-order valence-electron chi connectivity index (χ4n) is 6.89. The topological polar surface area (TPSA) is 343 Å². The van der Waals surface area contributed by atoms with Crippen molar-refractivity contribution in [3.63, 3.8) is 0 Å². The second-order valence-electron chi connectivity index (χ2n) is 15.9. The molecule has 0 spiro atoms. The molecule has 0 bridgehead atoms. The molecule has 17 N–H and O–H groups in total. The molecule has 19 heteroatoms. The zero-order valence-electron chi connectivity index (χ0n) is 35.9. The molecule has 60 heavy (non-hydrogen) atoms. The molecule has 1 aromatic rings. The van der Waals surface area contributed by atoms with Gasteiger partial charge >= 0.3 is 11.7 Å². The van der Waals surface area contributed by atoms with Gasteiger partial charge in [-0.3, -0.25) is 14.6 Å². The van der Waals surface area contributed by atoms with Gasteiger partial charge in [0, 0.05) is 18.1 Å². The van der Waals surface area contributed by atoms with Gasteiger partial charge in [0.2, 0.25) is 0 Å². The highest BCUT2D eigenvalue weighted by atomic mass is 16.6. The van der Waals surface area contributed by atoms with Gasteiger partial charge in [-0.15, -0.1) is 0 Å². The minimum atomic E-state index is -0.981.